The Hall–Kier alpha value is -2.17. The zero-order chi connectivity index (χ0) is 13.1. The van der Waals surface area contributed by atoms with E-state index in [-0.39, 0.29) is 0 Å². The Morgan fingerprint density at radius 1 is 1.22 bits per heavy atom. The second-order valence-corrected chi connectivity index (χ2v) is 3.92. The number of aromatic nitrogens is 2. The molecule has 0 unspecified atom stereocenters. The third-order valence-corrected chi connectivity index (χ3v) is 2.71. The minimum Gasteiger partial charge on any atom is -0.497 e. The lowest BCUT2D eigenvalue weighted by atomic mass is 10.3. The van der Waals surface area contributed by atoms with Crippen LogP contribution in [0.5, 0.6) is 17.4 Å². The van der Waals surface area contributed by atoms with Crippen molar-refractivity contribution >= 4 is 5.69 Å². The van der Waals surface area contributed by atoms with Crippen LogP contribution in [0, 0.1) is 0 Å². The first-order chi connectivity index (χ1) is 8.65. The molecule has 0 aliphatic heterocycles. The highest BCUT2D eigenvalue weighted by Gasteiger charge is 2.13. The van der Waals surface area contributed by atoms with Crippen LogP contribution in [0.3, 0.4) is 0 Å². The summed E-state index contributed by atoms with van der Waals surface area (Å²) in [5.74, 6) is 2.06. The summed E-state index contributed by atoms with van der Waals surface area (Å²) in [5.41, 5.74) is 7.43. The SMILES string of the molecule is CCc1nn(C)c(Oc2ccc(OC)cc2)c1N. The summed E-state index contributed by atoms with van der Waals surface area (Å²) >= 11 is 0. The predicted molar refractivity (Wildman–Crippen MR) is 70.1 cm³/mol. The molecule has 96 valence electrons. The monoisotopic (exact) mass is 247 g/mol. The molecule has 0 spiro atoms. The van der Waals surface area contributed by atoms with Gasteiger partial charge >= 0.3 is 0 Å². The van der Waals surface area contributed by atoms with Crippen molar-refractivity contribution in [3.8, 4) is 17.4 Å². The molecule has 2 N–H and O–H groups in total. The van der Waals surface area contributed by atoms with Gasteiger partial charge in [0, 0.05) is 7.05 Å². The molecule has 0 radical (unpaired) electrons. The highest BCUT2D eigenvalue weighted by atomic mass is 16.5. The lowest BCUT2D eigenvalue weighted by molar-refractivity contribution is 0.409. The van der Waals surface area contributed by atoms with Crippen molar-refractivity contribution in [2.24, 2.45) is 7.05 Å². The van der Waals surface area contributed by atoms with Crippen molar-refractivity contribution in [1.29, 1.82) is 0 Å². The number of aryl methyl sites for hydroxylation is 2. The lowest BCUT2D eigenvalue weighted by Gasteiger charge is -2.07. The number of nitrogens with zero attached hydrogens (tertiary/aromatic N) is 2. The highest BCUT2D eigenvalue weighted by Crippen LogP contribution is 2.30. The van der Waals surface area contributed by atoms with E-state index in [4.69, 9.17) is 15.2 Å². The fourth-order valence-corrected chi connectivity index (χ4v) is 1.72. The van der Waals surface area contributed by atoms with Crippen LogP contribution in [0.2, 0.25) is 0 Å². The number of hydrogen-bond acceptors (Lipinski definition) is 4. The highest BCUT2D eigenvalue weighted by molar-refractivity contribution is 5.54. The number of nitrogen functional groups attached to an aromatic ring is 1. The molecule has 5 nitrogen and oxygen atoms in total. The quantitative estimate of drug-likeness (QED) is 0.901. The number of nitrogens with two attached hydrogens (primary N) is 1. The fourth-order valence-electron chi connectivity index (χ4n) is 1.72. The summed E-state index contributed by atoms with van der Waals surface area (Å²) in [6.45, 7) is 2.01. The minimum absolute atomic E-state index is 0.567. The largest absolute Gasteiger partial charge is 0.497 e. The van der Waals surface area contributed by atoms with Crippen molar-refractivity contribution in [1.82, 2.24) is 9.78 Å². The molecule has 0 aliphatic rings. The normalized spacial score (nSPS) is 10.4. The minimum atomic E-state index is 0.567. The van der Waals surface area contributed by atoms with E-state index in [0.717, 1.165) is 17.9 Å². The molecule has 1 aromatic carbocycles. The van der Waals surface area contributed by atoms with E-state index < -0.39 is 0 Å². The van der Waals surface area contributed by atoms with Gasteiger partial charge < -0.3 is 15.2 Å². The number of rotatable bonds is 4. The van der Waals surface area contributed by atoms with Gasteiger partial charge in [-0.3, -0.25) is 0 Å². The molecule has 2 rings (SSSR count). The fraction of sp³-hybridized carbons (Fsp3) is 0.308. The van der Waals surface area contributed by atoms with Crippen molar-refractivity contribution < 1.29 is 9.47 Å². The second-order valence-electron chi connectivity index (χ2n) is 3.92. The number of methoxy groups -OCH3 is 1. The Morgan fingerprint density at radius 3 is 2.33 bits per heavy atom. The number of anilines is 1. The lowest BCUT2D eigenvalue weighted by Crippen LogP contribution is -1.97. The summed E-state index contributed by atoms with van der Waals surface area (Å²) in [4.78, 5) is 0. The van der Waals surface area contributed by atoms with Crippen LogP contribution in [-0.2, 0) is 13.5 Å². The molecule has 0 saturated heterocycles. The summed E-state index contributed by atoms with van der Waals surface area (Å²) < 4.78 is 12.5. The molecular weight excluding hydrogens is 230 g/mol. The van der Waals surface area contributed by atoms with Crippen molar-refractivity contribution in [2.45, 2.75) is 13.3 Å². The molecule has 1 heterocycles. The van der Waals surface area contributed by atoms with Crippen molar-refractivity contribution in [3.63, 3.8) is 0 Å². The van der Waals surface area contributed by atoms with Crippen LogP contribution in [0.15, 0.2) is 24.3 Å². The van der Waals surface area contributed by atoms with E-state index in [1.807, 2.05) is 38.2 Å². The van der Waals surface area contributed by atoms with E-state index >= 15 is 0 Å². The molecule has 0 aliphatic carbocycles. The van der Waals surface area contributed by atoms with E-state index in [1.165, 1.54) is 0 Å². The van der Waals surface area contributed by atoms with Crippen molar-refractivity contribution in [3.05, 3.63) is 30.0 Å². The standard InChI is InChI=1S/C13H17N3O2/c1-4-11-12(14)13(16(2)15-11)18-10-7-5-9(17-3)6-8-10/h5-8H,4,14H2,1-3H3. The first-order valence-electron chi connectivity index (χ1n) is 5.79. The maximum atomic E-state index is 5.99. The van der Waals surface area contributed by atoms with Gasteiger partial charge in [-0.25, -0.2) is 4.68 Å². The van der Waals surface area contributed by atoms with Crippen LogP contribution in [-0.4, -0.2) is 16.9 Å². The van der Waals surface area contributed by atoms with E-state index in [0.29, 0.717) is 17.3 Å². The summed E-state index contributed by atoms with van der Waals surface area (Å²) in [5, 5.41) is 4.30. The van der Waals surface area contributed by atoms with Gasteiger partial charge in [-0.05, 0) is 30.7 Å². The number of ether oxygens (including phenoxy) is 2. The maximum Gasteiger partial charge on any atom is 0.241 e. The smallest absolute Gasteiger partial charge is 0.241 e. The van der Waals surface area contributed by atoms with Gasteiger partial charge in [-0.2, -0.15) is 5.10 Å². The van der Waals surface area contributed by atoms with Crippen LogP contribution in [0.1, 0.15) is 12.6 Å². The van der Waals surface area contributed by atoms with Gasteiger partial charge in [0.1, 0.15) is 17.2 Å². The van der Waals surface area contributed by atoms with E-state index in [2.05, 4.69) is 5.10 Å². The molecule has 0 amide bonds. The molecule has 0 fully saturated rings. The van der Waals surface area contributed by atoms with E-state index in [9.17, 15) is 0 Å². The Bertz CT molecular complexity index is 532. The average molecular weight is 247 g/mol. The molecule has 1 aromatic heterocycles. The van der Waals surface area contributed by atoms with Gasteiger partial charge in [-0.15, -0.1) is 0 Å². The second kappa shape index (κ2) is 5.00. The van der Waals surface area contributed by atoms with Gasteiger partial charge in [-0.1, -0.05) is 6.92 Å². The third kappa shape index (κ3) is 2.25. The molecule has 2 aromatic rings. The summed E-state index contributed by atoms with van der Waals surface area (Å²) in [6, 6.07) is 7.33. The molecular formula is C13H17N3O2. The summed E-state index contributed by atoms with van der Waals surface area (Å²) in [7, 11) is 3.44. The van der Waals surface area contributed by atoms with E-state index in [1.54, 1.807) is 11.8 Å². The maximum absolute atomic E-state index is 5.99. The Balaban J connectivity index is 2.25. The van der Waals surface area contributed by atoms with Gasteiger partial charge in [0.15, 0.2) is 0 Å². The molecule has 18 heavy (non-hydrogen) atoms. The zero-order valence-corrected chi connectivity index (χ0v) is 10.8. The number of hydrogen-bond donors (Lipinski definition) is 1. The van der Waals surface area contributed by atoms with Gasteiger partial charge in [0.05, 0.1) is 12.8 Å². The topological polar surface area (TPSA) is 62.3 Å². The number of benzene rings is 1. The van der Waals surface area contributed by atoms with Crippen molar-refractivity contribution in [2.75, 3.05) is 12.8 Å². The zero-order valence-electron chi connectivity index (χ0n) is 10.8. The third-order valence-electron chi connectivity index (χ3n) is 2.71. The molecule has 0 saturated carbocycles. The Labute approximate surface area is 106 Å². The van der Waals surface area contributed by atoms with Gasteiger partial charge in [0.2, 0.25) is 5.88 Å². The molecule has 5 heteroatoms. The molecule has 0 bridgehead atoms. The molecule has 0 atom stereocenters. The van der Waals surface area contributed by atoms with Crippen LogP contribution in [0.25, 0.3) is 0 Å². The van der Waals surface area contributed by atoms with Crippen LogP contribution >= 0.6 is 0 Å². The predicted octanol–water partition coefficient (Wildman–Crippen LogP) is 2.37. The van der Waals surface area contributed by atoms with Crippen LogP contribution < -0.4 is 15.2 Å². The summed E-state index contributed by atoms with van der Waals surface area (Å²) in [6.07, 6.45) is 0.783. The Morgan fingerprint density at radius 2 is 1.83 bits per heavy atom. The first-order valence-corrected chi connectivity index (χ1v) is 5.79. The first kappa shape index (κ1) is 12.3. The van der Waals surface area contributed by atoms with Gasteiger partial charge in [0.25, 0.3) is 0 Å². The Kier molecular flexibility index (Phi) is 3.41. The average Bonchev–Trinajstić information content (AvgIpc) is 2.67. The van der Waals surface area contributed by atoms with Crippen LogP contribution in [0.4, 0.5) is 5.69 Å².